The Balaban J connectivity index is 2.11. The Morgan fingerprint density at radius 3 is 2.65 bits per heavy atom. The lowest BCUT2D eigenvalue weighted by Crippen LogP contribution is -1.98. The predicted octanol–water partition coefficient (Wildman–Crippen LogP) is 3.90. The molecule has 0 fully saturated rings. The molecule has 0 aliphatic carbocycles. The average molecular weight is 291 g/mol. The van der Waals surface area contributed by atoms with Crippen LogP contribution in [0.4, 0.5) is 0 Å². The highest BCUT2D eigenvalue weighted by Crippen LogP contribution is 2.27. The molecule has 0 spiro atoms. The van der Waals surface area contributed by atoms with Crippen molar-refractivity contribution in [3.63, 3.8) is 0 Å². The molecule has 0 radical (unpaired) electrons. The molecule has 0 saturated heterocycles. The van der Waals surface area contributed by atoms with Crippen molar-refractivity contribution in [1.29, 1.82) is 0 Å². The number of aliphatic hydroxyl groups excluding tert-OH is 1. The lowest BCUT2D eigenvalue weighted by molar-refractivity contribution is 0.283. The first-order valence-corrected chi connectivity index (χ1v) is 7.77. The van der Waals surface area contributed by atoms with E-state index in [9.17, 15) is 5.11 Å². The van der Waals surface area contributed by atoms with Gasteiger partial charge < -0.3 is 9.84 Å². The van der Waals surface area contributed by atoms with Crippen molar-refractivity contribution in [2.24, 2.45) is 0 Å². The van der Waals surface area contributed by atoms with Gasteiger partial charge in [0.1, 0.15) is 17.4 Å². The molecular weight excluding hydrogens is 270 g/mol. The van der Waals surface area contributed by atoms with Crippen LogP contribution in [0.1, 0.15) is 47.8 Å². The Labute approximate surface area is 124 Å². The molecule has 4 heteroatoms. The number of aromatic nitrogens is 1. The van der Waals surface area contributed by atoms with E-state index in [1.807, 2.05) is 18.2 Å². The summed E-state index contributed by atoms with van der Waals surface area (Å²) < 4.78 is 5.87. The first-order valence-electron chi connectivity index (χ1n) is 6.95. The minimum Gasteiger partial charge on any atom is -0.486 e. The monoisotopic (exact) mass is 291 g/mol. The first kappa shape index (κ1) is 15.0. The number of aryl methyl sites for hydroxylation is 1. The van der Waals surface area contributed by atoms with Crippen LogP contribution in [0.2, 0.25) is 0 Å². The molecule has 0 amide bonds. The molecule has 20 heavy (non-hydrogen) atoms. The van der Waals surface area contributed by atoms with Gasteiger partial charge in [0.2, 0.25) is 0 Å². The third-order valence-electron chi connectivity index (χ3n) is 3.17. The van der Waals surface area contributed by atoms with Crippen LogP contribution in [0.15, 0.2) is 24.3 Å². The fraction of sp³-hybridized carbons (Fsp3) is 0.438. The molecule has 2 rings (SSSR count). The summed E-state index contributed by atoms with van der Waals surface area (Å²) in [6.07, 6.45) is 0.952. The standard InChI is InChI=1S/C16H21NO2S/c1-4-12-7-5-6-8-13(12)19-10-15-17-16(11(2)3)14(9-18)20-15/h5-8,11,18H,4,9-10H2,1-3H3. The van der Waals surface area contributed by atoms with Crippen molar-refractivity contribution in [2.45, 2.75) is 46.3 Å². The maximum atomic E-state index is 9.38. The SMILES string of the molecule is CCc1ccccc1OCc1nc(C(C)C)c(CO)s1. The highest BCUT2D eigenvalue weighted by atomic mass is 32.1. The van der Waals surface area contributed by atoms with Gasteiger partial charge in [0.25, 0.3) is 0 Å². The molecule has 0 bridgehead atoms. The third kappa shape index (κ3) is 3.38. The fourth-order valence-electron chi connectivity index (χ4n) is 2.12. The van der Waals surface area contributed by atoms with Gasteiger partial charge in [0.15, 0.2) is 0 Å². The molecule has 3 nitrogen and oxygen atoms in total. The quantitative estimate of drug-likeness (QED) is 0.877. The summed E-state index contributed by atoms with van der Waals surface area (Å²) in [6.45, 7) is 6.81. The number of hydrogen-bond acceptors (Lipinski definition) is 4. The number of rotatable bonds is 6. The maximum Gasteiger partial charge on any atom is 0.140 e. The van der Waals surface area contributed by atoms with Crippen LogP contribution >= 0.6 is 11.3 Å². The van der Waals surface area contributed by atoms with E-state index < -0.39 is 0 Å². The highest BCUT2D eigenvalue weighted by molar-refractivity contribution is 7.11. The summed E-state index contributed by atoms with van der Waals surface area (Å²) in [4.78, 5) is 5.53. The van der Waals surface area contributed by atoms with Crippen LogP contribution in [0.3, 0.4) is 0 Å². The van der Waals surface area contributed by atoms with Crippen molar-refractivity contribution >= 4 is 11.3 Å². The maximum absolute atomic E-state index is 9.38. The molecule has 1 aromatic heterocycles. The lowest BCUT2D eigenvalue weighted by atomic mass is 10.1. The molecule has 0 unspecified atom stereocenters. The van der Waals surface area contributed by atoms with E-state index in [1.165, 1.54) is 16.9 Å². The Kier molecular flexibility index (Phi) is 5.15. The smallest absolute Gasteiger partial charge is 0.140 e. The zero-order valence-electron chi connectivity index (χ0n) is 12.2. The summed E-state index contributed by atoms with van der Waals surface area (Å²) in [6, 6.07) is 8.07. The van der Waals surface area contributed by atoms with Crippen LogP contribution in [0, 0.1) is 0 Å². The Hall–Kier alpha value is -1.39. The minimum atomic E-state index is 0.0523. The first-order chi connectivity index (χ1) is 9.65. The molecule has 1 N–H and O–H groups in total. The van der Waals surface area contributed by atoms with Gasteiger partial charge >= 0.3 is 0 Å². The van der Waals surface area contributed by atoms with E-state index in [1.54, 1.807) is 0 Å². The minimum absolute atomic E-state index is 0.0523. The summed E-state index contributed by atoms with van der Waals surface area (Å²) >= 11 is 1.53. The molecule has 0 aliphatic rings. The molecule has 2 aromatic rings. The van der Waals surface area contributed by atoms with Crippen molar-refractivity contribution in [3.05, 3.63) is 45.4 Å². The van der Waals surface area contributed by atoms with E-state index >= 15 is 0 Å². The van der Waals surface area contributed by atoms with Gasteiger partial charge in [-0.15, -0.1) is 11.3 Å². The van der Waals surface area contributed by atoms with E-state index in [0.717, 1.165) is 27.7 Å². The van der Waals surface area contributed by atoms with Crippen LogP contribution in [-0.2, 0) is 19.6 Å². The summed E-state index contributed by atoms with van der Waals surface area (Å²) in [5.74, 6) is 1.24. The second-order valence-electron chi connectivity index (χ2n) is 4.98. The van der Waals surface area contributed by atoms with Crippen LogP contribution in [0.5, 0.6) is 5.75 Å². The zero-order chi connectivity index (χ0) is 14.5. The van der Waals surface area contributed by atoms with Crippen molar-refractivity contribution in [1.82, 2.24) is 4.98 Å². The van der Waals surface area contributed by atoms with E-state index in [4.69, 9.17) is 4.74 Å². The zero-order valence-corrected chi connectivity index (χ0v) is 13.0. The van der Waals surface area contributed by atoms with Crippen LogP contribution in [-0.4, -0.2) is 10.1 Å². The fourth-order valence-corrected chi connectivity index (χ4v) is 3.11. The van der Waals surface area contributed by atoms with Gasteiger partial charge in [-0.3, -0.25) is 0 Å². The van der Waals surface area contributed by atoms with Crippen LogP contribution < -0.4 is 4.74 Å². The third-order valence-corrected chi connectivity index (χ3v) is 4.20. The highest BCUT2D eigenvalue weighted by Gasteiger charge is 2.14. The molecule has 0 aliphatic heterocycles. The predicted molar refractivity (Wildman–Crippen MR) is 82.3 cm³/mol. The van der Waals surface area contributed by atoms with Gasteiger partial charge in [0, 0.05) is 0 Å². The molecular formula is C16H21NO2S. The summed E-state index contributed by atoms with van der Waals surface area (Å²) in [7, 11) is 0. The summed E-state index contributed by atoms with van der Waals surface area (Å²) in [5, 5.41) is 10.3. The van der Waals surface area contributed by atoms with Crippen LogP contribution in [0.25, 0.3) is 0 Å². The van der Waals surface area contributed by atoms with Gasteiger partial charge in [0.05, 0.1) is 17.2 Å². The molecule has 108 valence electrons. The van der Waals surface area contributed by atoms with Crippen molar-refractivity contribution in [3.8, 4) is 5.75 Å². The largest absolute Gasteiger partial charge is 0.486 e. The van der Waals surface area contributed by atoms with Gasteiger partial charge in [-0.05, 0) is 24.0 Å². The molecule has 0 saturated carbocycles. The lowest BCUT2D eigenvalue weighted by Gasteiger charge is -2.08. The topological polar surface area (TPSA) is 42.4 Å². The van der Waals surface area contributed by atoms with Gasteiger partial charge in [-0.25, -0.2) is 4.98 Å². The van der Waals surface area contributed by atoms with E-state index in [2.05, 4.69) is 31.8 Å². The number of thiazole rings is 1. The van der Waals surface area contributed by atoms with E-state index in [-0.39, 0.29) is 6.61 Å². The Morgan fingerprint density at radius 2 is 2.05 bits per heavy atom. The van der Waals surface area contributed by atoms with Crippen molar-refractivity contribution in [2.75, 3.05) is 0 Å². The normalized spacial score (nSPS) is 11.1. The second-order valence-corrected chi connectivity index (χ2v) is 6.15. The van der Waals surface area contributed by atoms with Gasteiger partial charge in [-0.2, -0.15) is 0 Å². The number of para-hydroxylation sites is 1. The van der Waals surface area contributed by atoms with Gasteiger partial charge in [-0.1, -0.05) is 39.0 Å². The number of aliphatic hydroxyl groups is 1. The number of nitrogens with zero attached hydrogens (tertiary/aromatic N) is 1. The Morgan fingerprint density at radius 1 is 1.30 bits per heavy atom. The Bertz CT molecular complexity index is 563. The second kappa shape index (κ2) is 6.86. The van der Waals surface area contributed by atoms with Crippen molar-refractivity contribution < 1.29 is 9.84 Å². The average Bonchev–Trinajstić information content (AvgIpc) is 2.89. The van der Waals surface area contributed by atoms with E-state index in [0.29, 0.717) is 12.5 Å². The number of benzene rings is 1. The summed E-state index contributed by atoms with van der Waals surface area (Å²) in [5.41, 5.74) is 2.19. The molecule has 0 atom stereocenters. The molecule has 1 heterocycles. The number of ether oxygens (including phenoxy) is 1. The number of hydrogen-bond donors (Lipinski definition) is 1. The molecule has 1 aromatic carbocycles.